The van der Waals surface area contributed by atoms with Gasteiger partial charge in [-0.05, 0) is 24.8 Å². The molecule has 1 aromatic carbocycles. The number of benzene rings is 1. The molecule has 2 aromatic rings. The lowest BCUT2D eigenvalue weighted by Gasteiger charge is -2.02. The Labute approximate surface area is 122 Å². The summed E-state index contributed by atoms with van der Waals surface area (Å²) in [6.07, 6.45) is 9.43. The van der Waals surface area contributed by atoms with Crippen molar-refractivity contribution in [1.82, 2.24) is 15.0 Å². The zero-order valence-electron chi connectivity index (χ0n) is 12.7. The number of unbranched alkanes of at least 4 members (excludes halogenated alkanes) is 3. The summed E-state index contributed by atoms with van der Waals surface area (Å²) in [5.41, 5.74) is 3.55. The van der Waals surface area contributed by atoms with E-state index >= 15 is 0 Å². The molecule has 3 nitrogen and oxygen atoms in total. The van der Waals surface area contributed by atoms with Crippen LogP contribution in [0.4, 0.5) is 0 Å². The van der Waals surface area contributed by atoms with Crippen LogP contribution in [0.15, 0.2) is 30.5 Å². The first-order valence-electron chi connectivity index (χ1n) is 7.83. The van der Waals surface area contributed by atoms with Gasteiger partial charge in [-0.25, -0.2) is 0 Å². The molecule has 0 atom stereocenters. The maximum absolute atomic E-state index is 4.26. The number of nitrogens with zero attached hydrogens (tertiary/aromatic N) is 3. The van der Waals surface area contributed by atoms with Crippen LogP contribution in [0.1, 0.15) is 51.5 Å². The molecule has 20 heavy (non-hydrogen) atoms. The predicted molar refractivity (Wildman–Crippen MR) is 83.6 cm³/mol. The largest absolute Gasteiger partial charge is 0.252 e. The molecule has 0 saturated carbocycles. The molecule has 0 amide bonds. The lowest BCUT2D eigenvalue weighted by atomic mass is 10.0. The summed E-state index contributed by atoms with van der Waals surface area (Å²) in [6, 6.07) is 8.76. The van der Waals surface area contributed by atoms with Crippen LogP contribution in [0, 0.1) is 0 Å². The molecular weight excluding hydrogens is 246 g/mol. The van der Waals surface area contributed by atoms with Crippen LogP contribution >= 0.6 is 0 Å². The van der Waals surface area contributed by atoms with Gasteiger partial charge in [0, 0.05) is 12.1 Å². The van der Waals surface area contributed by atoms with Crippen LogP contribution in [-0.2, 0) is 13.0 Å². The molecule has 0 unspecified atom stereocenters. The monoisotopic (exact) mass is 271 g/mol. The van der Waals surface area contributed by atoms with Crippen molar-refractivity contribution in [2.24, 2.45) is 0 Å². The molecule has 1 aromatic heterocycles. The van der Waals surface area contributed by atoms with Crippen molar-refractivity contribution < 1.29 is 0 Å². The van der Waals surface area contributed by atoms with E-state index in [1.165, 1.54) is 37.7 Å². The first kappa shape index (κ1) is 14.8. The number of aromatic nitrogens is 3. The van der Waals surface area contributed by atoms with Gasteiger partial charge in [0.25, 0.3) is 0 Å². The van der Waals surface area contributed by atoms with Crippen molar-refractivity contribution in [3.05, 3.63) is 36.0 Å². The van der Waals surface area contributed by atoms with Crippen LogP contribution in [0.5, 0.6) is 0 Å². The second-order valence-corrected chi connectivity index (χ2v) is 5.37. The minimum atomic E-state index is 0.957. The van der Waals surface area contributed by atoms with Crippen molar-refractivity contribution in [2.45, 2.75) is 58.9 Å². The number of rotatable bonds is 8. The second-order valence-electron chi connectivity index (χ2n) is 5.37. The number of hydrogen-bond donors (Lipinski definition) is 0. The Balaban J connectivity index is 1.96. The van der Waals surface area contributed by atoms with Crippen LogP contribution in [0.2, 0.25) is 0 Å². The summed E-state index contributed by atoms with van der Waals surface area (Å²) >= 11 is 0. The first-order valence-corrected chi connectivity index (χ1v) is 7.83. The fraction of sp³-hybridized carbons (Fsp3) is 0.529. The molecule has 0 saturated heterocycles. The van der Waals surface area contributed by atoms with Crippen LogP contribution < -0.4 is 0 Å². The Morgan fingerprint density at radius 1 is 0.950 bits per heavy atom. The fourth-order valence-corrected chi connectivity index (χ4v) is 2.28. The molecule has 0 bridgehead atoms. The summed E-state index contributed by atoms with van der Waals surface area (Å²) in [4.78, 5) is 0. The van der Waals surface area contributed by atoms with E-state index in [1.54, 1.807) is 0 Å². The van der Waals surface area contributed by atoms with E-state index in [9.17, 15) is 0 Å². The summed E-state index contributed by atoms with van der Waals surface area (Å²) in [7, 11) is 0. The third-order valence-corrected chi connectivity index (χ3v) is 3.60. The SMILES string of the molecule is CCCCCc1ccc(-c2cn(CCCC)nn2)cc1. The van der Waals surface area contributed by atoms with Crippen molar-refractivity contribution in [1.29, 1.82) is 0 Å². The average Bonchev–Trinajstić information content (AvgIpc) is 2.95. The van der Waals surface area contributed by atoms with E-state index in [0.717, 1.165) is 24.2 Å². The van der Waals surface area contributed by atoms with Gasteiger partial charge in [0.05, 0.1) is 6.20 Å². The molecule has 0 fully saturated rings. The van der Waals surface area contributed by atoms with E-state index in [2.05, 4.69) is 48.4 Å². The molecule has 1 heterocycles. The Hall–Kier alpha value is -1.64. The Morgan fingerprint density at radius 3 is 2.40 bits per heavy atom. The van der Waals surface area contributed by atoms with E-state index in [1.807, 2.05) is 10.9 Å². The van der Waals surface area contributed by atoms with E-state index in [4.69, 9.17) is 0 Å². The minimum absolute atomic E-state index is 0.957. The molecule has 3 heteroatoms. The highest BCUT2D eigenvalue weighted by molar-refractivity contribution is 5.57. The zero-order chi connectivity index (χ0) is 14.2. The van der Waals surface area contributed by atoms with E-state index in [0.29, 0.717) is 0 Å². The van der Waals surface area contributed by atoms with Gasteiger partial charge in [-0.1, -0.05) is 62.6 Å². The zero-order valence-corrected chi connectivity index (χ0v) is 12.7. The molecule has 0 aliphatic rings. The summed E-state index contributed by atoms with van der Waals surface area (Å²) in [5.74, 6) is 0. The summed E-state index contributed by atoms with van der Waals surface area (Å²) in [5, 5.41) is 8.44. The molecule has 0 aliphatic heterocycles. The summed E-state index contributed by atoms with van der Waals surface area (Å²) in [6.45, 7) is 5.39. The Morgan fingerprint density at radius 2 is 1.70 bits per heavy atom. The highest BCUT2D eigenvalue weighted by atomic mass is 15.4. The van der Waals surface area contributed by atoms with Gasteiger partial charge in [-0.2, -0.15) is 0 Å². The second kappa shape index (κ2) is 7.83. The highest BCUT2D eigenvalue weighted by Crippen LogP contribution is 2.18. The third kappa shape index (κ3) is 4.19. The lowest BCUT2D eigenvalue weighted by Crippen LogP contribution is -1.97. The predicted octanol–water partition coefficient (Wildman–Crippen LogP) is 4.48. The molecule has 0 N–H and O–H groups in total. The van der Waals surface area contributed by atoms with Gasteiger partial charge in [-0.3, -0.25) is 4.68 Å². The highest BCUT2D eigenvalue weighted by Gasteiger charge is 2.03. The van der Waals surface area contributed by atoms with Gasteiger partial charge in [0.1, 0.15) is 5.69 Å². The molecular formula is C17H25N3. The maximum Gasteiger partial charge on any atom is 0.113 e. The molecule has 2 rings (SSSR count). The summed E-state index contributed by atoms with van der Waals surface area (Å²) < 4.78 is 1.94. The van der Waals surface area contributed by atoms with Crippen molar-refractivity contribution >= 4 is 0 Å². The normalized spacial score (nSPS) is 10.9. The maximum atomic E-state index is 4.26. The molecule has 0 spiro atoms. The van der Waals surface area contributed by atoms with Gasteiger partial charge in [0.15, 0.2) is 0 Å². The fourth-order valence-electron chi connectivity index (χ4n) is 2.28. The number of hydrogen-bond acceptors (Lipinski definition) is 2. The number of aryl methyl sites for hydroxylation is 2. The van der Waals surface area contributed by atoms with Crippen LogP contribution in [0.25, 0.3) is 11.3 Å². The first-order chi connectivity index (χ1) is 9.83. The Kier molecular flexibility index (Phi) is 5.78. The van der Waals surface area contributed by atoms with E-state index < -0.39 is 0 Å². The smallest absolute Gasteiger partial charge is 0.113 e. The van der Waals surface area contributed by atoms with Crippen molar-refractivity contribution in [3.63, 3.8) is 0 Å². The van der Waals surface area contributed by atoms with Gasteiger partial charge < -0.3 is 0 Å². The van der Waals surface area contributed by atoms with Gasteiger partial charge >= 0.3 is 0 Å². The van der Waals surface area contributed by atoms with Gasteiger partial charge in [-0.15, -0.1) is 5.10 Å². The Bertz CT molecular complexity index is 499. The average molecular weight is 271 g/mol. The quantitative estimate of drug-likeness (QED) is 0.663. The van der Waals surface area contributed by atoms with Crippen LogP contribution in [0.3, 0.4) is 0 Å². The topological polar surface area (TPSA) is 30.7 Å². The van der Waals surface area contributed by atoms with Crippen molar-refractivity contribution in [3.8, 4) is 11.3 Å². The molecule has 0 radical (unpaired) electrons. The molecule has 0 aliphatic carbocycles. The van der Waals surface area contributed by atoms with Gasteiger partial charge in [0.2, 0.25) is 0 Å². The third-order valence-electron chi connectivity index (χ3n) is 3.60. The minimum Gasteiger partial charge on any atom is -0.252 e. The van der Waals surface area contributed by atoms with Crippen LogP contribution in [-0.4, -0.2) is 15.0 Å². The van der Waals surface area contributed by atoms with Crippen molar-refractivity contribution in [2.75, 3.05) is 0 Å². The standard InChI is InChI=1S/C17H25N3/c1-3-5-7-8-15-9-11-16(12-10-15)17-14-20(19-18-17)13-6-4-2/h9-12,14H,3-8,13H2,1-2H3. The lowest BCUT2D eigenvalue weighted by molar-refractivity contribution is 0.553. The van der Waals surface area contributed by atoms with E-state index in [-0.39, 0.29) is 0 Å². The molecule has 108 valence electrons.